The van der Waals surface area contributed by atoms with Gasteiger partial charge in [-0.05, 0) is 162 Å². The Kier molecular flexibility index (Phi) is 20.8. The molecule has 10 rings (SSSR count). The van der Waals surface area contributed by atoms with Crippen molar-refractivity contribution < 1.29 is 44.8 Å². The summed E-state index contributed by atoms with van der Waals surface area (Å²) < 4.78 is 0. The molecule has 6 aliphatic rings. The first-order valence-electron chi connectivity index (χ1n) is 24.7. The van der Waals surface area contributed by atoms with Crippen LogP contribution in [0.25, 0.3) is 22.3 Å². The fraction of sp³-hybridized carbons (Fsp3) is 0.517. The first kappa shape index (κ1) is 49.8. The largest absolute Gasteiger partial charge is 1.00 e. The van der Waals surface area contributed by atoms with Gasteiger partial charge in [0.25, 0.3) is 0 Å². The molecular weight excluding hydrogens is 1150 g/mol. The molecule has 0 radical (unpaired) electrons. The molecule has 0 spiro atoms. The van der Waals surface area contributed by atoms with E-state index in [2.05, 4.69) is 84.6 Å². The van der Waals surface area contributed by atoms with Gasteiger partial charge in [-0.25, -0.2) is 0 Å². The smallest absolute Gasteiger partial charge is 0.366 e. The van der Waals surface area contributed by atoms with Gasteiger partial charge in [-0.2, -0.15) is 0 Å². The summed E-state index contributed by atoms with van der Waals surface area (Å²) in [6.07, 6.45) is 54.7. The minimum absolute atomic E-state index is 0. The summed E-state index contributed by atoms with van der Waals surface area (Å²) >= 11 is 0. The predicted molar refractivity (Wildman–Crippen MR) is 265 cm³/mol. The van der Waals surface area contributed by atoms with E-state index in [1.165, 1.54) is 67.1 Å². The van der Waals surface area contributed by atoms with Gasteiger partial charge in [0.15, 0.2) is 0 Å². The number of rotatable bonds is 9. The molecule has 0 nitrogen and oxygen atoms in total. The van der Waals surface area contributed by atoms with E-state index in [0.717, 1.165) is 24.0 Å². The summed E-state index contributed by atoms with van der Waals surface area (Å²) in [4.78, 5) is 0. The zero-order valence-corrected chi connectivity index (χ0v) is 43.7. The summed E-state index contributed by atoms with van der Waals surface area (Å²) in [5.74, 6) is 4.87. The van der Waals surface area contributed by atoms with Crippen molar-refractivity contribution in [3.63, 3.8) is 0 Å². The molecule has 0 saturated heterocycles. The SMILES string of the molecule is C1CCC([PH+](CCCC[PH+](C2CCCCC2)C2CCCCC2)C2CCCCC2)CC1.[Au+].[Au+].[C-]#Cc1ccc2c(c1)Cc1ccccc1-2.[C-]#Cc1ccc2c(c1)Cc1ccccc1-2. The Morgan fingerprint density at radius 2 is 0.694 bits per heavy atom. The van der Waals surface area contributed by atoms with Crippen LogP contribution in [0.15, 0.2) is 84.9 Å². The summed E-state index contributed by atoms with van der Waals surface area (Å²) in [6, 6.07) is 29.2. The van der Waals surface area contributed by atoms with Crippen molar-refractivity contribution in [2.24, 2.45) is 0 Å². The third kappa shape index (κ3) is 13.0. The van der Waals surface area contributed by atoms with Gasteiger partial charge in [-0.1, -0.05) is 97.5 Å². The third-order valence-electron chi connectivity index (χ3n) is 15.6. The average Bonchev–Trinajstić information content (AvgIpc) is 3.89. The van der Waals surface area contributed by atoms with E-state index in [1.807, 2.05) is 12.1 Å². The monoisotopic (exact) mass is 1220 g/mol. The van der Waals surface area contributed by atoms with Crippen molar-refractivity contribution >= 4 is 15.8 Å². The Balaban J connectivity index is 0.000000168. The van der Waals surface area contributed by atoms with Crippen molar-refractivity contribution in [1.82, 2.24) is 0 Å². The van der Waals surface area contributed by atoms with Crippen LogP contribution in [0.5, 0.6) is 0 Å². The molecule has 0 N–H and O–H groups in total. The summed E-state index contributed by atoms with van der Waals surface area (Å²) in [7, 11) is -0.162. The first-order valence-corrected chi connectivity index (χ1v) is 28.4. The van der Waals surface area contributed by atoms with Crippen LogP contribution in [-0.2, 0) is 57.6 Å². The normalized spacial score (nSPS) is 18.5. The van der Waals surface area contributed by atoms with Crippen LogP contribution in [0.3, 0.4) is 0 Å². The third-order valence-corrected chi connectivity index (χ3v) is 23.9. The van der Waals surface area contributed by atoms with Gasteiger partial charge in [0.05, 0.1) is 35.0 Å². The van der Waals surface area contributed by atoms with Gasteiger partial charge in [0.1, 0.15) is 0 Å². The second-order valence-electron chi connectivity index (χ2n) is 19.4. The fourth-order valence-electron chi connectivity index (χ4n) is 12.5. The minimum Gasteiger partial charge on any atom is -0.366 e. The summed E-state index contributed by atoms with van der Waals surface area (Å²) in [6.45, 7) is 0. The maximum atomic E-state index is 7.12. The Bertz CT molecular complexity index is 1880. The molecule has 0 atom stereocenters. The molecule has 0 bridgehead atoms. The molecule has 6 aliphatic carbocycles. The number of unbranched alkanes of at least 4 members (excludes halogenated alkanes) is 1. The first-order chi connectivity index (χ1) is 29.7. The standard InChI is InChI=1S/C28H52P2.2C15H9.2Au/c1-5-15-25(16-6-1)29(26-17-7-2-8-18-26)23-13-14-24-30(27-19-9-3-10-20-27)28-21-11-4-12-22-28;2*1-2-11-7-8-15-13(9-11)10-12-5-3-4-6-14(12)15;;/h25-28H,1-24H2;2*3-9H,10H2;;/q;2*-1;2*+1/p+2. The number of fused-ring (bicyclic) bond motifs is 6. The summed E-state index contributed by atoms with van der Waals surface area (Å²) in [5, 5.41) is 0. The van der Waals surface area contributed by atoms with E-state index in [1.54, 1.807) is 154 Å². The molecule has 4 fully saturated rings. The Morgan fingerprint density at radius 1 is 0.387 bits per heavy atom. The van der Waals surface area contributed by atoms with Gasteiger partial charge < -0.3 is 12.8 Å². The van der Waals surface area contributed by atoms with Crippen LogP contribution >= 0.6 is 15.8 Å². The maximum Gasteiger partial charge on any atom is 1.00 e. The molecule has 62 heavy (non-hydrogen) atoms. The molecule has 4 aromatic rings. The Morgan fingerprint density at radius 3 is 1.02 bits per heavy atom. The van der Waals surface area contributed by atoms with Crippen LogP contribution in [-0.4, -0.2) is 35.0 Å². The average molecular weight is 1230 g/mol. The summed E-state index contributed by atoms with van der Waals surface area (Å²) in [5.41, 5.74) is 17.3. The van der Waals surface area contributed by atoms with Gasteiger partial charge in [-0.3, -0.25) is 11.8 Å². The van der Waals surface area contributed by atoms with Crippen LogP contribution in [0.2, 0.25) is 0 Å². The molecular formula is C58H72Au2P2+2. The second-order valence-corrected chi connectivity index (χ2v) is 25.9. The molecule has 0 heterocycles. The van der Waals surface area contributed by atoms with Gasteiger partial charge >= 0.3 is 44.8 Å². The van der Waals surface area contributed by atoms with Crippen LogP contribution in [0.4, 0.5) is 0 Å². The van der Waals surface area contributed by atoms with Gasteiger partial charge in [0, 0.05) is 15.8 Å². The predicted octanol–water partition coefficient (Wildman–Crippen LogP) is 15.9. The van der Waals surface area contributed by atoms with Gasteiger partial charge in [-0.15, -0.1) is 35.4 Å². The number of hydrogen-bond acceptors (Lipinski definition) is 0. The number of hydrogen-bond donors (Lipinski definition) is 0. The quantitative estimate of drug-likeness (QED) is 0.0445. The maximum absolute atomic E-state index is 7.12. The molecule has 0 amide bonds. The van der Waals surface area contributed by atoms with Crippen molar-refractivity contribution in [3.8, 4) is 34.1 Å². The van der Waals surface area contributed by atoms with Crippen LogP contribution in [0.1, 0.15) is 175 Å². The zero-order chi connectivity index (χ0) is 40.9. The van der Waals surface area contributed by atoms with Crippen LogP contribution in [0, 0.1) is 24.7 Å². The molecule has 0 unspecified atom stereocenters. The fourth-order valence-corrected chi connectivity index (χ4v) is 21.4. The molecule has 4 aromatic carbocycles. The van der Waals surface area contributed by atoms with E-state index in [9.17, 15) is 0 Å². The topological polar surface area (TPSA) is 0 Å². The van der Waals surface area contributed by atoms with E-state index in [0.29, 0.717) is 0 Å². The van der Waals surface area contributed by atoms with E-state index < -0.39 is 0 Å². The molecule has 4 saturated carbocycles. The van der Waals surface area contributed by atoms with E-state index >= 15 is 0 Å². The van der Waals surface area contributed by atoms with Crippen molar-refractivity contribution in [2.45, 2.75) is 177 Å². The zero-order valence-electron chi connectivity index (χ0n) is 37.4. The van der Waals surface area contributed by atoms with Crippen molar-refractivity contribution in [3.05, 3.63) is 131 Å². The van der Waals surface area contributed by atoms with Crippen LogP contribution < -0.4 is 0 Å². The van der Waals surface area contributed by atoms with Crippen molar-refractivity contribution in [1.29, 1.82) is 0 Å². The van der Waals surface area contributed by atoms with Gasteiger partial charge in [0.2, 0.25) is 0 Å². The Hall–Kier alpha value is -1.66. The Labute approximate surface area is 411 Å². The van der Waals surface area contributed by atoms with E-state index in [4.69, 9.17) is 12.8 Å². The number of benzene rings is 4. The molecule has 4 heteroatoms. The molecule has 0 aromatic heterocycles. The minimum atomic E-state index is -0.0809. The molecule has 334 valence electrons. The second kappa shape index (κ2) is 25.9. The van der Waals surface area contributed by atoms with Crippen molar-refractivity contribution in [2.75, 3.05) is 12.3 Å². The molecule has 0 aliphatic heterocycles. The van der Waals surface area contributed by atoms with E-state index in [-0.39, 0.29) is 60.6 Å².